The average molecular weight is 491 g/mol. The van der Waals surface area contributed by atoms with Gasteiger partial charge >= 0.3 is 5.97 Å². The minimum atomic E-state index is -0.869. The zero-order valence-electron chi connectivity index (χ0n) is 16.6. The molecule has 0 aliphatic heterocycles. The van der Waals surface area contributed by atoms with Crippen LogP contribution in [0.3, 0.4) is 0 Å². The molecule has 2 aromatic carbocycles. The third-order valence-electron chi connectivity index (χ3n) is 6.02. The number of ether oxygens (including phenoxy) is 1. The quantitative estimate of drug-likeness (QED) is 0.474. The van der Waals surface area contributed by atoms with E-state index in [1.165, 1.54) is 7.11 Å². The number of hydrogen-bond donors (Lipinski definition) is 1. The maximum absolute atomic E-state index is 13.4. The first-order chi connectivity index (χ1) is 14.3. The van der Waals surface area contributed by atoms with Crippen LogP contribution in [0.4, 0.5) is 0 Å². The number of carboxylic acid groups (broad SMARTS) is 1. The maximum Gasteiger partial charge on any atom is 0.311 e. The van der Waals surface area contributed by atoms with Crippen molar-refractivity contribution >= 4 is 50.3 Å². The number of fused-ring (bicyclic) bond motifs is 1. The number of benzene rings is 2. The number of aliphatic carboxylic acids is 1. The molecule has 1 aliphatic carbocycles. The van der Waals surface area contributed by atoms with E-state index in [0.717, 1.165) is 23.7 Å². The lowest BCUT2D eigenvalue weighted by atomic mass is 9.72. The minimum absolute atomic E-state index is 0.0599. The van der Waals surface area contributed by atoms with Gasteiger partial charge in [-0.15, -0.1) is 0 Å². The van der Waals surface area contributed by atoms with Crippen molar-refractivity contribution in [2.24, 2.45) is 5.92 Å². The molecule has 4 rings (SSSR count). The molecule has 1 N–H and O–H groups in total. The molecule has 7 heteroatoms. The van der Waals surface area contributed by atoms with Crippen molar-refractivity contribution < 1.29 is 19.4 Å². The smallest absolute Gasteiger partial charge is 0.311 e. The number of halogens is 2. The highest BCUT2D eigenvalue weighted by Gasteiger charge is 2.38. The summed E-state index contributed by atoms with van der Waals surface area (Å²) in [5, 5.41) is 11.1. The highest BCUT2D eigenvalue weighted by molar-refractivity contribution is 9.10. The molecule has 1 unspecified atom stereocenters. The van der Waals surface area contributed by atoms with Crippen molar-refractivity contribution in [2.45, 2.75) is 32.1 Å². The molecule has 0 radical (unpaired) electrons. The highest BCUT2D eigenvalue weighted by atomic mass is 79.9. The van der Waals surface area contributed by atoms with Crippen LogP contribution in [-0.2, 0) is 4.79 Å². The van der Waals surface area contributed by atoms with Crippen molar-refractivity contribution in [2.75, 3.05) is 7.11 Å². The maximum atomic E-state index is 13.4. The highest BCUT2D eigenvalue weighted by Crippen LogP contribution is 2.45. The van der Waals surface area contributed by atoms with Crippen LogP contribution in [0.15, 0.2) is 40.9 Å². The van der Waals surface area contributed by atoms with Gasteiger partial charge in [-0.3, -0.25) is 14.2 Å². The molecule has 1 atom stereocenters. The number of methoxy groups -OCH3 is 1. The topological polar surface area (TPSA) is 68.5 Å². The van der Waals surface area contributed by atoms with Crippen molar-refractivity contribution in [3.8, 4) is 5.75 Å². The first-order valence-electron chi connectivity index (χ1n) is 9.75. The van der Waals surface area contributed by atoms with Crippen LogP contribution >= 0.6 is 27.5 Å². The summed E-state index contributed by atoms with van der Waals surface area (Å²) in [5.41, 5.74) is 2.39. The molecule has 30 heavy (non-hydrogen) atoms. The van der Waals surface area contributed by atoms with Crippen LogP contribution in [0.2, 0.25) is 5.02 Å². The van der Waals surface area contributed by atoms with E-state index < -0.39 is 11.9 Å². The molecule has 0 spiro atoms. The van der Waals surface area contributed by atoms with Crippen LogP contribution in [0.25, 0.3) is 10.9 Å². The summed E-state index contributed by atoms with van der Waals surface area (Å²) < 4.78 is 7.83. The zero-order chi connectivity index (χ0) is 21.6. The Morgan fingerprint density at radius 2 is 1.90 bits per heavy atom. The molecule has 1 aromatic heterocycles. The number of carboxylic acids is 1. The van der Waals surface area contributed by atoms with Crippen molar-refractivity contribution in [1.29, 1.82) is 0 Å². The number of rotatable bonds is 5. The van der Waals surface area contributed by atoms with Gasteiger partial charge in [0.05, 0.1) is 23.6 Å². The Hall–Kier alpha value is -2.31. The molecule has 0 bridgehead atoms. The largest absolute Gasteiger partial charge is 0.495 e. The van der Waals surface area contributed by atoms with Gasteiger partial charge in [0.25, 0.3) is 5.91 Å². The Morgan fingerprint density at radius 3 is 2.43 bits per heavy atom. The van der Waals surface area contributed by atoms with Crippen molar-refractivity contribution in [1.82, 2.24) is 4.57 Å². The Kier molecular flexibility index (Phi) is 5.64. The molecule has 5 nitrogen and oxygen atoms in total. The lowest BCUT2D eigenvalue weighted by molar-refractivity contribution is -0.141. The first kappa shape index (κ1) is 20.9. The Balaban J connectivity index is 1.99. The molecule has 1 fully saturated rings. The molecular weight excluding hydrogens is 470 g/mol. The summed E-state index contributed by atoms with van der Waals surface area (Å²) in [7, 11) is 1.52. The van der Waals surface area contributed by atoms with Gasteiger partial charge < -0.3 is 9.84 Å². The molecule has 1 saturated carbocycles. The third-order valence-corrected chi connectivity index (χ3v) is 6.84. The predicted octanol–water partition coefficient (Wildman–Crippen LogP) is 6.03. The monoisotopic (exact) mass is 489 g/mol. The van der Waals surface area contributed by atoms with Crippen LogP contribution < -0.4 is 4.74 Å². The molecule has 156 valence electrons. The van der Waals surface area contributed by atoms with Gasteiger partial charge in [0.1, 0.15) is 5.75 Å². The third kappa shape index (κ3) is 3.42. The molecule has 3 aromatic rings. The number of carbonyl (C=O) groups excluding carboxylic acids is 1. The second kappa shape index (κ2) is 8.08. The van der Waals surface area contributed by atoms with Gasteiger partial charge in [-0.1, -0.05) is 34.0 Å². The normalized spacial score (nSPS) is 15.1. The van der Waals surface area contributed by atoms with Gasteiger partial charge in [0.15, 0.2) is 0 Å². The Labute approximate surface area is 187 Å². The lowest BCUT2D eigenvalue weighted by Crippen LogP contribution is -2.27. The van der Waals surface area contributed by atoms with Crippen LogP contribution in [-0.4, -0.2) is 28.7 Å². The summed E-state index contributed by atoms with van der Waals surface area (Å²) in [6.45, 7) is 1.81. The van der Waals surface area contributed by atoms with Crippen LogP contribution in [0.5, 0.6) is 5.75 Å². The van der Waals surface area contributed by atoms with Crippen molar-refractivity contribution in [3.05, 3.63) is 62.7 Å². The van der Waals surface area contributed by atoms with Gasteiger partial charge in [-0.05, 0) is 67.6 Å². The summed E-state index contributed by atoms with van der Waals surface area (Å²) in [6.07, 6.45) is 2.77. The van der Waals surface area contributed by atoms with E-state index in [2.05, 4.69) is 15.9 Å². The lowest BCUT2D eigenvalue weighted by Gasteiger charge is -2.31. The van der Waals surface area contributed by atoms with Gasteiger partial charge in [0.2, 0.25) is 0 Å². The average Bonchev–Trinajstić information content (AvgIpc) is 2.94. The molecule has 0 amide bonds. The minimum Gasteiger partial charge on any atom is -0.495 e. The van der Waals surface area contributed by atoms with E-state index >= 15 is 0 Å². The second-order valence-corrected chi connectivity index (χ2v) is 8.98. The van der Waals surface area contributed by atoms with E-state index in [9.17, 15) is 14.7 Å². The fraction of sp³-hybridized carbons (Fsp3) is 0.304. The second-order valence-electron chi connectivity index (χ2n) is 7.66. The summed E-state index contributed by atoms with van der Waals surface area (Å²) >= 11 is 9.76. The fourth-order valence-electron chi connectivity index (χ4n) is 4.31. The van der Waals surface area contributed by atoms with E-state index in [1.807, 2.05) is 0 Å². The SMILES string of the molecule is COc1cc2c(C(C(=O)O)C3CCC3)c(C)n(C(=O)c3ccc(Br)cc3)c2cc1Cl. The summed E-state index contributed by atoms with van der Waals surface area (Å²) in [6, 6.07) is 10.5. The Bertz CT molecular complexity index is 1150. The van der Waals surface area contributed by atoms with Gasteiger partial charge in [0, 0.05) is 21.1 Å². The molecular formula is C23H21BrClNO4. The van der Waals surface area contributed by atoms with E-state index in [1.54, 1.807) is 47.9 Å². The standard InChI is InChI=1S/C23H21BrClNO4/c1-12-20(21(23(28)29)13-4-3-5-13)16-10-19(30-2)17(25)11-18(16)26(12)22(27)14-6-8-15(24)9-7-14/h6-11,13,21H,3-5H2,1-2H3,(H,28,29). The molecule has 0 saturated heterocycles. The van der Waals surface area contributed by atoms with E-state index in [0.29, 0.717) is 38.5 Å². The molecule has 1 aliphatic rings. The predicted molar refractivity (Wildman–Crippen MR) is 120 cm³/mol. The van der Waals surface area contributed by atoms with E-state index in [4.69, 9.17) is 16.3 Å². The Morgan fingerprint density at radius 1 is 1.23 bits per heavy atom. The number of aromatic nitrogens is 1. The van der Waals surface area contributed by atoms with Crippen LogP contribution in [0.1, 0.15) is 46.8 Å². The number of nitrogens with zero attached hydrogens (tertiary/aromatic N) is 1. The first-order valence-corrected chi connectivity index (χ1v) is 10.9. The number of hydrogen-bond acceptors (Lipinski definition) is 3. The fourth-order valence-corrected chi connectivity index (χ4v) is 4.81. The summed E-state index contributed by atoms with van der Waals surface area (Å²) in [4.78, 5) is 25.7. The van der Waals surface area contributed by atoms with Gasteiger partial charge in [-0.2, -0.15) is 0 Å². The van der Waals surface area contributed by atoms with Crippen molar-refractivity contribution in [3.63, 3.8) is 0 Å². The van der Waals surface area contributed by atoms with Gasteiger partial charge in [-0.25, -0.2) is 0 Å². The number of carbonyl (C=O) groups is 2. The zero-order valence-corrected chi connectivity index (χ0v) is 19.0. The van der Waals surface area contributed by atoms with E-state index in [-0.39, 0.29) is 11.8 Å². The molecule has 1 heterocycles. The summed E-state index contributed by atoms with van der Waals surface area (Å²) in [5.74, 6) is -1.26. The van der Waals surface area contributed by atoms with Crippen LogP contribution in [0, 0.1) is 12.8 Å².